The number of carbonyl (C=O) groups is 2. The summed E-state index contributed by atoms with van der Waals surface area (Å²) in [6.45, 7) is 0.0721. The van der Waals surface area contributed by atoms with Gasteiger partial charge in [-0.3, -0.25) is 9.59 Å². The number of pyridine rings is 2. The summed E-state index contributed by atoms with van der Waals surface area (Å²) in [5.41, 5.74) is 9.49. The molecule has 0 aliphatic heterocycles. The Morgan fingerprint density at radius 1 is 1.00 bits per heavy atom. The van der Waals surface area contributed by atoms with Gasteiger partial charge in [-0.1, -0.05) is 40.5 Å². The Labute approximate surface area is 252 Å². The summed E-state index contributed by atoms with van der Waals surface area (Å²) in [6.07, 6.45) is 3.16. The van der Waals surface area contributed by atoms with Crippen molar-refractivity contribution in [2.45, 2.75) is 12.5 Å². The second kappa shape index (κ2) is 21.4. The van der Waals surface area contributed by atoms with Gasteiger partial charge in [-0.15, -0.1) is 11.6 Å². The van der Waals surface area contributed by atoms with Crippen LogP contribution in [0.1, 0.15) is 11.1 Å². The number of alkyl halides is 1. The van der Waals surface area contributed by atoms with Gasteiger partial charge < -0.3 is 27.2 Å². The van der Waals surface area contributed by atoms with Crippen LogP contribution >= 0.6 is 34.8 Å². The van der Waals surface area contributed by atoms with Gasteiger partial charge in [0.05, 0.1) is 6.07 Å². The molecule has 0 spiro atoms. The van der Waals surface area contributed by atoms with Crippen LogP contribution in [-0.4, -0.2) is 38.7 Å². The molecular formula is C18H15Cl3KN8O4-. The summed E-state index contributed by atoms with van der Waals surface area (Å²) in [4.78, 5) is 32.6. The molecule has 2 aromatic rings. The fraction of sp³-hybridized carbons (Fsp3) is 0.111. The van der Waals surface area contributed by atoms with E-state index in [1.54, 1.807) is 24.4 Å². The van der Waals surface area contributed by atoms with Crippen molar-refractivity contribution in [1.82, 2.24) is 9.97 Å². The summed E-state index contributed by atoms with van der Waals surface area (Å²) < 4.78 is 0. The Morgan fingerprint density at radius 3 is 1.79 bits per heavy atom. The normalized spacial score (nSPS) is 8.91. The minimum absolute atomic E-state index is 0. The molecule has 2 rings (SSSR count). The van der Waals surface area contributed by atoms with Crippen LogP contribution in [0.3, 0.4) is 0 Å². The first-order chi connectivity index (χ1) is 15.1. The maximum atomic E-state index is 10.6. The van der Waals surface area contributed by atoms with Crippen LogP contribution in [0.15, 0.2) is 41.8 Å². The summed E-state index contributed by atoms with van der Waals surface area (Å²) in [5, 5.41) is 28.3. The number of amides is 2. The summed E-state index contributed by atoms with van der Waals surface area (Å²) >= 11 is 16.6. The minimum Gasteiger partial charge on any atom is -0.870 e. The number of nitrogens with two attached hydrogens (primary N) is 2. The average Bonchev–Trinajstić information content (AvgIpc) is 2.78. The summed E-state index contributed by atoms with van der Waals surface area (Å²) in [7, 11) is 0. The predicted molar refractivity (Wildman–Crippen MR) is 120 cm³/mol. The second-order valence-electron chi connectivity index (χ2n) is 5.13. The molecule has 2 aromatic heterocycles. The van der Waals surface area contributed by atoms with Gasteiger partial charge in [0.1, 0.15) is 23.0 Å². The molecule has 0 saturated carbocycles. The Kier molecular flexibility index (Phi) is 22.9. The van der Waals surface area contributed by atoms with Gasteiger partial charge in [-0.2, -0.15) is 10.5 Å². The van der Waals surface area contributed by atoms with Gasteiger partial charge in [-0.05, 0) is 23.4 Å². The quantitative estimate of drug-likeness (QED) is 0.147. The Morgan fingerprint density at radius 2 is 1.50 bits per heavy atom. The number of aromatic nitrogens is 2. The third-order valence-electron chi connectivity index (χ3n) is 2.80. The molecule has 0 fully saturated rings. The maximum Gasteiger partial charge on any atom is 1.00 e. The number of hydrogen-bond donors (Lipinski definition) is 2. The van der Waals surface area contributed by atoms with Crippen molar-refractivity contribution >= 4 is 58.0 Å². The molecule has 174 valence electrons. The molecular weight excluding hydrogens is 538 g/mol. The summed E-state index contributed by atoms with van der Waals surface area (Å²) in [5.74, 6) is -1.54. The minimum atomic E-state index is -1.09. The van der Waals surface area contributed by atoms with E-state index >= 15 is 0 Å². The van der Waals surface area contributed by atoms with E-state index in [-0.39, 0.29) is 63.5 Å². The zero-order valence-electron chi connectivity index (χ0n) is 17.5. The van der Waals surface area contributed by atoms with Gasteiger partial charge in [0.2, 0.25) is 11.6 Å². The van der Waals surface area contributed by atoms with Gasteiger partial charge in [0.15, 0.2) is 0 Å². The first kappa shape index (κ1) is 36.4. The molecule has 0 atom stereocenters. The number of oxime groups is 1. The van der Waals surface area contributed by atoms with E-state index in [0.717, 1.165) is 11.6 Å². The van der Waals surface area contributed by atoms with Crippen LogP contribution in [-0.2, 0) is 26.9 Å². The SMILES string of the molecule is ClCc1ccc(Cl)nc1.N#CC(=NOCc1ccc(Cl)nc1)C(N)=O.N#CC(=[N-])C(N)=O.[K+].[OH-]. The van der Waals surface area contributed by atoms with Gasteiger partial charge in [0.25, 0.3) is 5.91 Å². The summed E-state index contributed by atoms with van der Waals surface area (Å²) in [6, 6.07) is 9.51. The average molecular weight is 553 g/mol. The molecule has 0 aliphatic carbocycles. The van der Waals surface area contributed by atoms with E-state index in [4.69, 9.17) is 61.3 Å². The van der Waals surface area contributed by atoms with Crippen LogP contribution in [0.4, 0.5) is 0 Å². The number of primary amides is 2. The van der Waals surface area contributed by atoms with Crippen molar-refractivity contribution in [3.63, 3.8) is 0 Å². The first-order valence-corrected chi connectivity index (χ1v) is 9.36. The van der Waals surface area contributed by atoms with Crippen molar-refractivity contribution in [2.75, 3.05) is 0 Å². The molecule has 16 heteroatoms. The van der Waals surface area contributed by atoms with Gasteiger partial charge in [-0.25, -0.2) is 9.97 Å². The Hall–Kier alpha value is -2.17. The van der Waals surface area contributed by atoms with Crippen molar-refractivity contribution in [2.24, 2.45) is 16.6 Å². The van der Waals surface area contributed by atoms with Crippen LogP contribution in [0.5, 0.6) is 0 Å². The molecule has 0 aliphatic rings. The number of nitrogens with zero attached hydrogens (tertiary/aromatic N) is 6. The fourth-order valence-corrected chi connectivity index (χ4v) is 1.71. The molecule has 0 bridgehead atoms. The van der Waals surface area contributed by atoms with E-state index in [0.29, 0.717) is 21.7 Å². The fourth-order valence-electron chi connectivity index (χ4n) is 1.32. The number of carbonyl (C=O) groups excluding carboxylic acids is 2. The largest absolute Gasteiger partial charge is 1.00 e. The molecule has 0 unspecified atom stereocenters. The van der Waals surface area contributed by atoms with Gasteiger partial charge in [0, 0.05) is 23.8 Å². The molecule has 34 heavy (non-hydrogen) atoms. The van der Waals surface area contributed by atoms with Crippen LogP contribution in [0.25, 0.3) is 5.41 Å². The van der Waals surface area contributed by atoms with Crippen molar-refractivity contribution in [1.29, 1.82) is 10.5 Å². The standard InChI is InChI=1S/C9H7ClN4O2.C6H5Cl2N.C3H2N3O.K.H2O/c10-8-2-1-6(4-13-8)5-16-14-7(3-11)9(12)15;7-3-5-1-2-6(8)9-4-5;4-1-2(5)3(6)7;;/h1-2,4H,5H2,(H2,12,15);1-2,4H,3H2;(H2,6,7);;1H2/q;;-1;+1;/p-1. The van der Waals surface area contributed by atoms with Crippen molar-refractivity contribution in [3.8, 4) is 12.1 Å². The van der Waals surface area contributed by atoms with Crippen LogP contribution < -0.4 is 62.9 Å². The topological polar surface area (TPSA) is 233 Å². The number of rotatable bonds is 6. The maximum absolute atomic E-state index is 10.6. The third-order valence-corrected chi connectivity index (χ3v) is 3.55. The molecule has 2 heterocycles. The molecule has 0 saturated heterocycles. The van der Waals surface area contributed by atoms with Crippen LogP contribution in [0.2, 0.25) is 10.3 Å². The van der Waals surface area contributed by atoms with E-state index in [2.05, 4.69) is 20.9 Å². The smallest absolute Gasteiger partial charge is 0.870 e. The third kappa shape index (κ3) is 17.3. The van der Waals surface area contributed by atoms with E-state index in [9.17, 15) is 9.59 Å². The monoisotopic (exact) mass is 551 g/mol. The van der Waals surface area contributed by atoms with Crippen molar-refractivity contribution in [3.05, 3.63) is 63.5 Å². The van der Waals surface area contributed by atoms with Gasteiger partial charge >= 0.3 is 51.4 Å². The molecule has 2 amide bonds. The molecule has 12 nitrogen and oxygen atoms in total. The molecule has 0 radical (unpaired) electrons. The van der Waals surface area contributed by atoms with Crippen molar-refractivity contribution < 1.29 is 71.3 Å². The van der Waals surface area contributed by atoms with E-state index in [1.807, 2.05) is 6.07 Å². The Balaban J connectivity index is -0.000000456. The zero-order valence-corrected chi connectivity index (χ0v) is 22.9. The second-order valence-corrected chi connectivity index (χ2v) is 6.17. The predicted octanol–water partition coefficient (Wildman–Crippen LogP) is -1.08. The van der Waals surface area contributed by atoms with E-state index < -0.39 is 23.2 Å². The Bertz CT molecular complexity index is 1040. The zero-order chi connectivity index (χ0) is 24.5. The van der Waals surface area contributed by atoms with E-state index in [1.165, 1.54) is 12.3 Å². The number of hydrogen-bond acceptors (Lipinski definition) is 9. The molecule has 5 N–H and O–H groups in total. The number of nitriles is 2. The molecule has 0 aromatic carbocycles. The number of halogens is 3. The first-order valence-electron chi connectivity index (χ1n) is 8.07. The van der Waals surface area contributed by atoms with Crippen LogP contribution in [0, 0.1) is 22.7 Å².